The maximum Gasteiger partial charge on any atom is 0.191 e. The Morgan fingerprint density at radius 2 is 1.82 bits per heavy atom. The van der Waals surface area contributed by atoms with Crippen LogP contribution >= 0.6 is 0 Å². The van der Waals surface area contributed by atoms with Crippen molar-refractivity contribution in [3.05, 3.63) is 0 Å². The third kappa shape index (κ3) is 2.73. The number of likely N-dealkylation sites (tertiary alicyclic amines) is 1. The van der Waals surface area contributed by atoms with Gasteiger partial charge in [-0.15, -0.1) is 0 Å². The van der Waals surface area contributed by atoms with Crippen molar-refractivity contribution in [2.75, 3.05) is 20.1 Å². The van der Waals surface area contributed by atoms with Crippen molar-refractivity contribution in [1.82, 2.24) is 15.5 Å². The summed E-state index contributed by atoms with van der Waals surface area (Å²) in [5.41, 5.74) is 0. The summed E-state index contributed by atoms with van der Waals surface area (Å²) in [4.78, 5) is 6.97. The summed E-state index contributed by atoms with van der Waals surface area (Å²) in [5.74, 6) is 1.01. The Labute approximate surface area is 104 Å². The highest BCUT2D eigenvalue weighted by atomic mass is 15.3. The molecule has 0 aromatic heterocycles. The van der Waals surface area contributed by atoms with Crippen LogP contribution in [0.5, 0.6) is 0 Å². The number of aliphatic imine (C=N–C) groups is 1. The minimum absolute atomic E-state index is 0.599. The Kier molecular flexibility index (Phi) is 3.23. The highest BCUT2D eigenvalue weighted by molar-refractivity contribution is 5.80. The first-order valence-corrected chi connectivity index (χ1v) is 7.09. The molecule has 3 rings (SSSR count). The van der Waals surface area contributed by atoms with E-state index in [4.69, 9.17) is 0 Å². The van der Waals surface area contributed by atoms with E-state index in [2.05, 4.69) is 20.5 Å². The van der Waals surface area contributed by atoms with Crippen LogP contribution < -0.4 is 10.6 Å². The van der Waals surface area contributed by atoms with Crippen molar-refractivity contribution in [1.29, 1.82) is 0 Å². The molecular weight excluding hydrogens is 212 g/mol. The SMILES string of the molecule is CN=C(NC1CCC1)NC1CCN(C2CC2)C1. The van der Waals surface area contributed by atoms with Gasteiger partial charge in [0.1, 0.15) is 0 Å². The first-order valence-electron chi connectivity index (χ1n) is 7.09. The fourth-order valence-corrected chi connectivity index (χ4v) is 2.79. The fraction of sp³-hybridized carbons (Fsp3) is 0.923. The summed E-state index contributed by atoms with van der Waals surface area (Å²) in [6.07, 6.45) is 8.08. The van der Waals surface area contributed by atoms with Gasteiger partial charge in [-0.3, -0.25) is 9.89 Å². The summed E-state index contributed by atoms with van der Waals surface area (Å²) in [6, 6.07) is 2.17. The molecule has 17 heavy (non-hydrogen) atoms. The normalized spacial score (nSPS) is 31.4. The van der Waals surface area contributed by atoms with Crippen LogP contribution in [0.3, 0.4) is 0 Å². The van der Waals surface area contributed by atoms with Gasteiger partial charge in [-0.2, -0.15) is 0 Å². The smallest absolute Gasteiger partial charge is 0.191 e. The zero-order valence-corrected chi connectivity index (χ0v) is 10.8. The highest BCUT2D eigenvalue weighted by Crippen LogP contribution is 2.29. The maximum absolute atomic E-state index is 4.33. The molecule has 2 saturated carbocycles. The Morgan fingerprint density at radius 3 is 2.41 bits per heavy atom. The summed E-state index contributed by atoms with van der Waals surface area (Å²) < 4.78 is 0. The average molecular weight is 236 g/mol. The second kappa shape index (κ2) is 4.84. The lowest BCUT2D eigenvalue weighted by Gasteiger charge is -2.29. The van der Waals surface area contributed by atoms with E-state index in [0.717, 1.165) is 12.0 Å². The fourth-order valence-electron chi connectivity index (χ4n) is 2.79. The largest absolute Gasteiger partial charge is 0.354 e. The van der Waals surface area contributed by atoms with Gasteiger partial charge in [0.15, 0.2) is 5.96 Å². The molecular formula is C13H24N4. The molecule has 3 fully saturated rings. The second-order valence-electron chi connectivity index (χ2n) is 5.70. The van der Waals surface area contributed by atoms with Gasteiger partial charge in [-0.1, -0.05) is 0 Å². The molecule has 96 valence electrons. The predicted molar refractivity (Wildman–Crippen MR) is 70.3 cm³/mol. The molecule has 3 aliphatic rings. The van der Waals surface area contributed by atoms with E-state index in [-0.39, 0.29) is 0 Å². The van der Waals surface area contributed by atoms with Crippen LogP contribution in [0.2, 0.25) is 0 Å². The summed E-state index contributed by atoms with van der Waals surface area (Å²) in [6.45, 7) is 2.47. The number of hydrogen-bond donors (Lipinski definition) is 2. The molecule has 1 saturated heterocycles. The van der Waals surface area contributed by atoms with Crippen molar-refractivity contribution in [2.45, 2.75) is 56.7 Å². The van der Waals surface area contributed by atoms with E-state index in [0.29, 0.717) is 12.1 Å². The first-order chi connectivity index (χ1) is 8.35. The minimum Gasteiger partial charge on any atom is -0.354 e. The van der Waals surface area contributed by atoms with Crippen LogP contribution in [0.1, 0.15) is 38.5 Å². The van der Waals surface area contributed by atoms with E-state index >= 15 is 0 Å². The number of nitrogens with zero attached hydrogens (tertiary/aromatic N) is 2. The van der Waals surface area contributed by atoms with Crippen LogP contribution in [0.15, 0.2) is 4.99 Å². The Hall–Kier alpha value is -0.770. The first kappa shape index (κ1) is 11.3. The molecule has 0 aromatic carbocycles. The van der Waals surface area contributed by atoms with Crippen LogP contribution in [0, 0.1) is 0 Å². The lowest BCUT2D eigenvalue weighted by molar-refractivity contribution is 0.320. The molecule has 0 amide bonds. The van der Waals surface area contributed by atoms with Gasteiger partial charge in [0.05, 0.1) is 0 Å². The van der Waals surface area contributed by atoms with Crippen LogP contribution in [0.25, 0.3) is 0 Å². The Balaban J connectivity index is 1.44. The third-order valence-corrected chi connectivity index (χ3v) is 4.29. The quantitative estimate of drug-likeness (QED) is 0.566. The molecule has 2 aliphatic carbocycles. The zero-order chi connectivity index (χ0) is 11.7. The van der Waals surface area contributed by atoms with Gasteiger partial charge in [0, 0.05) is 38.3 Å². The number of rotatable bonds is 3. The third-order valence-electron chi connectivity index (χ3n) is 4.29. The maximum atomic E-state index is 4.33. The van der Waals surface area contributed by atoms with Gasteiger partial charge in [-0.05, 0) is 38.5 Å². The summed E-state index contributed by atoms with van der Waals surface area (Å²) in [5, 5.41) is 7.08. The van der Waals surface area contributed by atoms with Gasteiger partial charge in [-0.25, -0.2) is 0 Å². The summed E-state index contributed by atoms with van der Waals surface area (Å²) >= 11 is 0. The molecule has 0 aromatic rings. The second-order valence-corrected chi connectivity index (χ2v) is 5.70. The number of nitrogens with one attached hydrogen (secondary N) is 2. The Morgan fingerprint density at radius 1 is 1.06 bits per heavy atom. The van der Waals surface area contributed by atoms with Crippen molar-refractivity contribution in [2.24, 2.45) is 4.99 Å². The number of hydrogen-bond acceptors (Lipinski definition) is 2. The van der Waals surface area contributed by atoms with Crippen molar-refractivity contribution in [3.63, 3.8) is 0 Å². The zero-order valence-electron chi connectivity index (χ0n) is 10.8. The van der Waals surface area contributed by atoms with Crippen molar-refractivity contribution in [3.8, 4) is 0 Å². The van der Waals surface area contributed by atoms with E-state index in [9.17, 15) is 0 Å². The summed E-state index contributed by atoms with van der Waals surface area (Å²) in [7, 11) is 1.88. The van der Waals surface area contributed by atoms with E-state index < -0.39 is 0 Å². The predicted octanol–water partition coefficient (Wildman–Crippen LogP) is 0.941. The molecule has 4 nitrogen and oxygen atoms in total. The number of guanidine groups is 1. The molecule has 1 atom stereocenters. The molecule has 0 bridgehead atoms. The van der Waals surface area contributed by atoms with E-state index in [1.54, 1.807) is 0 Å². The highest BCUT2D eigenvalue weighted by Gasteiger charge is 2.34. The molecule has 0 spiro atoms. The average Bonchev–Trinajstić information content (AvgIpc) is 3.03. The van der Waals surface area contributed by atoms with Gasteiger partial charge in [0.2, 0.25) is 0 Å². The molecule has 1 heterocycles. The van der Waals surface area contributed by atoms with Crippen LogP contribution in [0.4, 0.5) is 0 Å². The Bertz CT molecular complexity index is 294. The topological polar surface area (TPSA) is 39.7 Å². The van der Waals surface area contributed by atoms with Crippen LogP contribution in [-0.4, -0.2) is 49.1 Å². The standard InChI is InChI=1S/C13H24N4/c1-14-13(15-10-3-2-4-10)16-11-7-8-17(9-11)12-5-6-12/h10-12H,2-9H2,1H3,(H2,14,15,16). The molecule has 1 aliphatic heterocycles. The molecule has 1 unspecified atom stereocenters. The minimum atomic E-state index is 0.599. The van der Waals surface area contributed by atoms with Gasteiger partial charge in [0.25, 0.3) is 0 Å². The monoisotopic (exact) mass is 236 g/mol. The van der Waals surface area contributed by atoms with E-state index in [1.165, 1.54) is 51.6 Å². The van der Waals surface area contributed by atoms with Gasteiger partial charge >= 0.3 is 0 Å². The van der Waals surface area contributed by atoms with Crippen molar-refractivity contribution < 1.29 is 0 Å². The lowest BCUT2D eigenvalue weighted by atomic mass is 9.93. The van der Waals surface area contributed by atoms with Gasteiger partial charge < -0.3 is 10.6 Å². The lowest BCUT2D eigenvalue weighted by Crippen LogP contribution is -2.50. The molecule has 2 N–H and O–H groups in total. The van der Waals surface area contributed by atoms with Crippen LogP contribution in [-0.2, 0) is 0 Å². The van der Waals surface area contributed by atoms with Crippen molar-refractivity contribution >= 4 is 5.96 Å². The molecule has 4 heteroatoms. The molecule has 0 radical (unpaired) electrons. The van der Waals surface area contributed by atoms with E-state index in [1.807, 2.05) is 7.05 Å².